The van der Waals surface area contributed by atoms with Gasteiger partial charge in [0, 0.05) is 16.6 Å². The minimum atomic E-state index is 0.998. The first-order chi connectivity index (χ1) is 8.88. The van der Waals surface area contributed by atoms with Crippen LogP contribution in [0, 0.1) is 0 Å². The average Bonchev–Trinajstić information content (AvgIpc) is 2.94. The van der Waals surface area contributed by atoms with Crippen LogP contribution in [0.15, 0.2) is 42.5 Å². The smallest absolute Gasteiger partial charge is 0.143 e. The third-order valence-corrected chi connectivity index (χ3v) is 3.52. The first-order valence-corrected chi connectivity index (χ1v) is 6.25. The summed E-state index contributed by atoms with van der Waals surface area (Å²) in [6, 6.07) is 14.6. The van der Waals surface area contributed by atoms with Gasteiger partial charge in [0.25, 0.3) is 0 Å². The Bertz CT molecular complexity index is 867. The van der Waals surface area contributed by atoms with E-state index in [1.165, 1.54) is 11.1 Å². The Kier molecular flexibility index (Phi) is 1.81. The van der Waals surface area contributed by atoms with Crippen molar-refractivity contribution in [3.05, 3.63) is 48.2 Å². The number of aryl methyl sites for hydroxylation is 1. The van der Waals surface area contributed by atoms with Crippen LogP contribution >= 0.6 is 0 Å². The Morgan fingerprint density at radius 1 is 1.11 bits per heavy atom. The van der Waals surface area contributed by atoms with E-state index in [0.717, 1.165) is 28.7 Å². The Morgan fingerprint density at radius 3 is 2.89 bits per heavy atom. The first kappa shape index (κ1) is 9.71. The predicted octanol–water partition coefficient (Wildman–Crippen LogP) is 3.53. The van der Waals surface area contributed by atoms with E-state index in [1.807, 2.05) is 6.07 Å². The molecule has 0 bridgehead atoms. The summed E-state index contributed by atoms with van der Waals surface area (Å²) in [6.07, 6.45) is 0.998. The van der Waals surface area contributed by atoms with Crippen molar-refractivity contribution in [2.75, 3.05) is 0 Å². The number of imidazole rings is 1. The summed E-state index contributed by atoms with van der Waals surface area (Å²) >= 11 is 0. The molecule has 0 unspecified atom stereocenters. The average molecular weight is 235 g/mol. The maximum Gasteiger partial charge on any atom is 0.143 e. The molecule has 88 valence electrons. The Labute approximate surface area is 104 Å². The maximum absolute atomic E-state index is 4.74. The summed E-state index contributed by atoms with van der Waals surface area (Å²) in [5.74, 6) is 0. The number of nitrogens with one attached hydrogen (secondary N) is 1. The summed E-state index contributed by atoms with van der Waals surface area (Å²) in [7, 11) is 0. The number of hydrogen-bond acceptors (Lipinski definition) is 1. The minimum Gasteiger partial charge on any atom is -0.339 e. The molecule has 0 fully saturated rings. The number of aromatic nitrogens is 3. The highest BCUT2D eigenvalue weighted by Crippen LogP contribution is 2.26. The molecule has 4 aromatic rings. The minimum absolute atomic E-state index is 0.998. The van der Waals surface area contributed by atoms with Crippen molar-refractivity contribution in [3.63, 3.8) is 0 Å². The number of H-pyrrole nitrogens is 1. The molecule has 0 spiro atoms. The molecule has 0 aliphatic rings. The van der Waals surface area contributed by atoms with Crippen molar-refractivity contribution in [2.24, 2.45) is 0 Å². The Hall–Kier alpha value is -2.29. The van der Waals surface area contributed by atoms with Crippen LogP contribution in [0.5, 0.6) is 0 Å². The number of pyridine rings is 1. The Morgan fingerprint density at radius 2 is 2.00 bits per heavy atom. The zero-order valence-corrected chi connectivity index (χ0v) is 10.1. The predicted molar refractivity (Wildman–Crippen MR) is 73.9 cm³/mol. The summed E-state index contributed by atoms with van der Waals surface area (Å²) in [5.41, 5.74) is 5.60. The van der Waals surface area contributed by atoms with Crippen LogP contribution in [0.3, 0.4) is 0 Å². The molecular formula is C15H13N3. The van der Waals surface area contributed by atoms with Crippen molar-refractivity contribution in [3.8, 4) is 0 Å². The number of rotatable bonds is 1. The van der Waals surface area contributed by atoms with Gasteiger partial charge in [0.2, 0.25) is 0 Å². The number of para-hydroxylation sites is 1. The standard InChI is InChI=1S/C15H13N3/c1-2-10-6-5-9-13-17-14-11-7-3-4-8-12(11)16-15(14)18(10)13/h3-9,16H,2H2,1H3. The zero-order valence-electron chi connectivity index (χ0n) is 10.1. The van der Waals surface area contributed by atoms with Gasteiger partial charge in [0.1, 0.15) is 16.8 Å². The third kappa shape index (κ3) is 1.11. The number of fused-ring (bicyclic) bond motifs is 5. The second-order valence-electron chi connectivity index (χ2n) is 4.54. The lowest BCUT2D eigenvalue weighted by Gasteiger charge is -2.01. The number of aromatic amines is 1. The van der Waals surface area contributed by atoms with E-state index < -0.39 is 0 Å². The van der Waals surface area contributed by atoms with Gasteiger partial charge in [-0.3, -0.25) is 4.40 Å². The largest absolute Gasteiger partial charge is 0.339 e. The van der Waals surface area contributed by atoms with Gasteiger partial charge in [-0.25, -0.2) is 4.98 Å². The molecule has 3 aromatic heterocycles. The van der Waals surface area contributed by atoms with E-state index in [0.29, 0.717) is 0 Å². The van der Waals surface area contributed by atoms with Crippen molar-refractivity contribution < 1.29 is 0 Å². The number of nitrogens with zero attached hydrogens (tertiary/aromatic N) is 2. The van der Waals surface area contributed by atoms with Crippen molar-refractivity contribution in [2.45, 2.75) is 13.3 Å². The van der Waals surface area contributed by atoms with Crippen molar-refractivity contribution in [1.82, 2.24) is 14.4 Å². The molecule has 3 nitrogen and oxygen atoms in total. The molecule has 0 radical (unpaired) electrons. The van der Waals surface area contributed by atoms with Crippen LogP contribution in [0.25, 0.3) is 27.7 Å². The topological polar surface area (TPSA) is 33.1 Å². The third-order valence-electron chi connectivity index (χ3n) is 3.52. The fourth-order valence-corrected chi connectivity index (χ4v) is 2.67. The fourth-order valence-electron chi connectivity index (χ4n) is 2.67. The van der Waals surface area contributed by atoms with Gasteiger partial charge in [0.15, 0.2) is 0 Å². The van der Waals surface area contributed by atoms with Crippen LogP contribution in [-0.2, 0) is 6.42 Å². The monoisotopic (exact) mass is 235 g/mol. The van der Waals surface area contributed by atoms with E-state index in [9.17, 15) is 0 Å². The summed E-state index contributed by atoms with van der Waals surface area (Å²) < 4.78 is 2.22. The highest BCUT2D eigenvalue weighted by molar-refractivity contribution is 6.05. The summed E-state index contributed by atoms with van der Waals surface area (Å²) in [5, 5.41) is 1.19. The van der Waals surface area contributed by atoms with Crippen LogP contribution in [0.2, 0.25) is 0 Å². The SMILES string of the molecule is CCc1cccc2nc3c4ccccc4[nH]c3n12. The molecule has 0 amide bonds. The number of hydrogen-bond donors (Lipinski definition) is 1. The van der Waals surface area contributed by atoms with Crippen LogP contribution in [0.4, 0.5) is 0 Å². The Balaban J connectivity index is 2.29. The number of benzene rings is 1. The molecular weight excluding hydrogens is 222 g/mol. The zero-order chi connectivity index (χ0) is 12.1. The molecule has 4 rings (SSSR count). The van der Waals surface area contributed by atoms with Gasteiger partial charge in [-0.15, -0.1) is 0 Å². The molecule has 18 heavy (non-hydrogen) atoms. The molecule has 1 aromatic carbocycles. The van der Waals surface area contributed by atoms with Gasteiger partial charge in [0.05, 0.1) is 0 Å². The van der Waals surface area contributed by atoms with E-state index in [2.05, 4.69) is 52.7 Å². The lowest BCUT2D eigenvalue weighted by molar-refractivity contribution is 0.991. The van der Waals surface area contributed by atoms with E-state index in [4.69, 9.17) is 4.98 Å². The van der Waals surface area contributed by atoms with Crippen molar-refractivity contribution >= 4 is 27.7 Å². The van der Waals surface area contributed by atoms with Crippen LogP contribution in [0.1, 0.15) is 12.6 Å². The fraction of sp³-hybridized carbons (Fsp3) is 0.133. The van der Waals surface area contributed by atoms with Gasteiger partial charge in [-0.05, 0) is 24.6 Å². The van der Waals surface area contributed by atoms with Gasteiger partial charge < -0.3 is 4.98 Å². The summed E-state index contributed by atoms with van der Waals surface area (Å²) in [4.78, 5) is 8.22. The van der Waals surface area contributed by atoms with Gasteiger partial charge in [-0.2, -0.15) is 0 Å². The van der Waals surface area contributed by atoms with E-state index in [-0.39, 0.29) is 0 Å². The highest BCUT2D eigenvalue weighted by Gasteiger charge is 2.12. The quantitative estimate of drug-likeness (QED) is 0.538. The van der Waals surface area contributed by atoms with E-state index >= 15 is 0 Å². The van der Waals surface area contributed by atoms with Crippen LogP contribution in [-0.4, -0.2) is 14.4 Å². The maximum atomic E-state index is 4.74. The molecule has 3 heteroatoms. The molecule has 0 aliphatic carbocycles. The van der Waals surface area contributed by atoms with Crippen LogP contribution < -0.4 is 0 Å². The second kappa shape index (κ2) is 3.35. The summed E-state index contributed by atoms with van der Waals surface area (Å²) in [6.45, 7) is 2.17. The van der Waals surface area contributed by atoms with Gasteiger partial charge in [-0.1, -0.05) is 31.2 Å². The normalized spacial score (nSPS) is 11.8. The van der Waals surface area contributed by atoms with Crippen molar-refractivity contribution in [1.29, 1.82) is 0 Å². The molecule has 0 saturated heterocycles. The highest BCUT2D eigenvalue weighted by atomic mass is 15.1. The van der Waals surface area contributed by atoms with E-state index in [1.54, 1.807) is 0 Å². The lowest BCUT2D eigenvalue weighted by atomic mass is 10.2. The molecule has 0 atom stereocenters. The first-order valence-electron chi connectivity index (χ1n) is 6.25. The molecule has 0 saturated carbocycles. The lowest BCUT2D eigenvalue weighted by Crippen LogP contribution is -1.94. The molecule has 1 N–H and O–H groups in total. The molecule has 0 aliphatic heterocycles. The van der Waals surface area contributed by atoms with Gasteiger partial charge >= 0.3 is 0 Å². The second-order valence-corrected chi connectivity index (χ2v) is 4.54. The molecule has 3 heterocycles.